The summed E-state index contributed by atoms with van der Waals surface area (Å²) < 4.78 is 5.12. The minimum Gasteiger partial charge on any atom is -0.469 e. The molecule has 8 heteroatoms. The van der Waals surface area contributed by atoms with Gasteiger partial charge in [-0.05, 0) is 25.8 Å². The third-order valence-corrected chi connectivity index (χ3v) is 4.98. The van der Waals surface area contributed by atoms with Gasteiger partial charge >= 0.3 is 0 Å². The number of aryl methyl sites for hydroxylation is 1. The molecule has 7 nitrogen and oxygen atoms in total. The van der Waals surface area contributed by atoms with Gasteiger partial charge in [0.05, 0.1) is 23.9 Å². The van der Waals surface area contributed by atoms with Crippen LogP contribution in [0, 0.1) is 6.92 Å². The van der Waals surface area contributed by atoms with E-state index >= 15 is 0 Å². The molecule has 128 valence electrons. The standard InChI is InChI=1S/C16H20N4O3S/c1-10-13(4-6-23-10)15(22)19-16-18-11(9-24-16)7-14(21)20-5-2-3-12(20)8-17/h4,6,9,12H,2-3,5,7-8,17H2,1H3,(H,18,19,22). The van der Waals surface area contributed by atoms with Gasteiger partial charge in [-0.15, -0.1) is 11.3 Å². The van der Waals surface area contributed by atoms with E-state index in [0.29, 0.717) is 28.7 Å². The molecule has 0 saturated carbocycles. The molecule has 2 amide bonds. The number of hydrogen-bond acceptors (Lipinski definition) is 6. The number of rotatable bonds is 5. The number of likely N-dealkylation sites (tertiary alicyclic amines) is 1. The molecule has 0 spiro atoms. The number of nitrogens with one attached hydrogen (secondary N) is 1. The Bertz CT molecular complexity index is 739. The molecule has 3 N–H and O–H groups in total. The number of carbonyl (C=O) groups is 2. The van der Waals surface area contributed by atoms with Crippen LogP contribution in [-0.4, -0.2) is 40.8 Å². The fourth-order valence-electron chi connectivity index (χ4n) is 2.90. The van der Waals surface area contributed by atoms with Gasteiger partial charge in [-0.3, -0.25) is 14.9 Å². The van der Waals surface area contributed by atoms with Crippen molar-refractivity contribution in [3.05, 3.63) is 34.7 Å². The summed E-state index contributed by atoms with van der Waals surface area (Å²) in [5.41, 5.74) is 6.85. The van der Waals surface area contributed by atoms with E-state index in [1.54, 1.807) is 18.4 Å². The highest BCUT2D eigenvalue weighted by Gasteiger charge is 2.27. The highest BCUT2D eigenvalue weighted by atomic mass is 32.1. The van der Waals surface area contributed by atoms with Crippen LogP contribution in [0.5, 0.6) is 0 Å². The molecule has 1 unspecified atom stereocenters. The number of aromatic nitrogens is 1. The zero-order valence-electron chi connectivity index (χ0n) is 13.4. The topological polar surface area (TPSA) is 101 Å². The molecule has 0 aliphatic carbocycles. The van der Waals surface area contributed by atoms with Crippen molar-refractivity contribution in [2.24, 2.45) is 5.73 Å². The summed E-state index contributed by atoms with van der Waals surface area (Å²) in [5.74, 6) is 0.328. The zero-order valence-corrected chi connectivity index (χ0v) is 14.3. The molecule has 1 fully saturated rings. The molecule has 0 bridgehead atoms. The maximum atomic E-state index is 12.4. The molecule has 1 aliphatic heterocycles. The molecule has 1 aliphatic rings. The smallest absolute Gasteiger partial charge is 0.260 e. The molecule has 0 aromatic carbocycles. The predicted octanol–water partition coefficient (Wildman–Crippen LogP) is 1.79. The monoisotopic (exact) mass is 348 g/mol. The Balaban J connectivity index is 1.60. The van der Waals surface area contributed by atoms with Crippen molar-refractivity contribution < 1.29 is 14.0 Å². The first kappa shape index (κ1) is 16.7. The molecule has 2 aromatic heterocycles. The first-order chi connectivity index (χ1) is 11.6. The van der Waals surface area contributed by atoms with Gasteiger partial charge in [0.25, 0.3) is 5.91 Å². The summed E-state index contributed by atoms with van der Waals surface area (Å²) in [6.45, 7) is 2.98. The van der Waals surface area contributed by atoms with Crippen LogP contribution in [0.1, 0.15) is 34.7 Å². The minimum absolute atomic E-state index is 0.0387. The van der Waals surface area contributed by atoms with Crippen LogP contribution in [0.4, 0.5) is 5.13 Å². The van der Waals surface area contributed by atoms with Crippen molar-refractivity contribution in [2.75, 3.05) is 18.4 Å². The van der Waals surface area contributed by atoms with Crippen molar-refractivity contribution in [1.82, 2.24) is 9.88 Å². The molecular weight excluding hydrogens is 328 g/mol. The van der Waals surface area contributed by atoms with Crippen LogP contribution in [0.3, 0.4) is 0 Å². The Morgan fingerprint density at radius 1 is 1.54 bits per heavy atom. The van der Waals surface area contributed by atoms with Gasteiger partial charge < -0.3 is 15.1 Å². The first-order valence-corrected chi connectivity index (χ1v) is 8.76. The zero-order chi connectivity index (χ0) is 17.1. The van der Waals surface area contributed by atoms with E-state index in [-0.39, 0.29) is 24.3 Å². The summed E-state index contributed by atoms with van der Waals surface area (Å²) in [6, 6.07) is 1.75. The summed E-state index contributed by atoms with van der Waals surface area (Å²) in [5, 5.41) is 5.00. The van der Waals surface area contributed by atoms with E-state index in [4.69, 9.17) is 10.2 Å². The minimum atomic E-state index is -0.267. The highest BCUT2D eigenvalue weighted by molar-refractivity contribution is 7.14. The fourth-order valence-corrected chi connectivity index (χ4v) is 3.60. The number of hydrogen-bond donors (Lipinski definition) is 2. The second kappa shape index (κ2) is 7.14. The molecule has 3 heterocycles. The van der Waals surface area contributed by atoms with E-state index < -0.39 is 0 Å². The maximum absolute atomic E-state index is 12.4. The summed E-state index contributed by atoms with van der Waals surface area (Å²) in [7, 11) is 0. The van der Waals surface area contributed by atoms with Crippen molar-refractivity contribution in [3.63, 3.8) is 0 Å². The lowest BCUT2D eigenvalue weighted by Crippen LogP contribution is -2.40. The van der Waals surface area contributed by atoms with Crippen LogP contribution in [0.15, 0.2) is 22.1 Å². The normalized spacial score (nSPS) is 17.2. The van der Waals surface area contributed by atoms with Crippen LogP contribution in [0.25, 0.3) is 0 Å². The lowest BCUT2D eigenvalue weighted by molar-refractivity contribution is -0.131. The summed E-state index contributed by atoms with van der Waals surface area (Å²) in [4.78, 5) is 30.7. The Morgan fingerprint density at radius 2 is 2.38 bits per heavy atom. The molecule has 1 atom stereocenters. The van der Waals surface area contributed by atoms with E-state index in [9.17, 15) is 9.59 Å². The Morgan fingerprint density at radius 3 is 3.08 bits per heavy atom. The Labute approximate surface area is 143 Å². The van der Waals surface area contributed by atoms with Crippen molar-refractivity contribution in [2.45, 2.75) is 32.2 Å². The average Bonchev–Trinajstić information content (AvgIpc) is 3.27. The number of nitrogens with two attached hydrogens (primary N) is 1. The lowest BCUT2D eigenvalue weighted by Gasteiger charge is -2.23. The number of nitrogens with zero attached hydrogens (tertiary/aromatic N) is 2. The quantitative estimate of drug-likeness (QED) is 0.858. The third kappa shape index (κ3) is 3.49. The molecule has 3 rings (SSSR count). The number of amides is 2. The lowest BCUT2D eigenvalue weighted by atomic mass is 10.2. The van der Waals surface area contributed by atoms with Crippen molar-refractivity contribution in [3.8, 4) is 0 Å². The van der Waals surface area contributed by atoms with Crippen LogP contribution in [-0.2, 0) is 11.2 Å². The van der Waals surface area contributed by atoms with Crippen molar-refractivity contribution >= 4 is 28.3 Å². The molecule has 1 saturated heterocycles. The van der Waals surface area contributed by atoms with E-state index in [1.165, 1.54) is 17.6 Å². The number of carbonyl (C=O) groups excluding carboxylic acids is 2. The first-order valence-electron chi connectivity index (χ1n) is 7.88. The van der Waals surface area contributed by atoms with Crippen molar-refractivity contribution in [1.29, 1.82) is 0 Å². The van der Waals surface area contributed by atoms with Gasteiger partial charge in [0.1, 0.15) is 5.76 Å². The third-order valence-electron chi connectivity index (χ3n) is 4.18. The van der Waals surface area contributed by atoms with Gasteiger partial charge in [0.15, 0.2) is 5.13 Å². The molecule has 0 radical (unpaired) electrons. The van der Waals surface area contributed by atoms with Gasteiger partial charge in [0, 0.05) is 24.5 Å². The second-order valence-corrected chi connectivity index (χ2v) is 6.64. The van der Waals surface area contributed by atoms with Gasteiger partial charge in [0.2, 0.25) is 5.91 Å². The van der Waals surface area contributed by atoms with E-state index in [0.717, 1.165) is 19.4 Å². The fraction of sp³-hybridized carbons (Fsp3) is 0.438. The average molecular weight is 348 g/mol. The van der Waals surface area contributed by atoms with Crippen LogP contribution in [0.2, 0.25) is 0 Å². The Hall–Kier alpha value is -2.19. The molecule has 24 heavy (non-hydrogen) atoms. The largest absolute Gasteiger partial charge is 0.469 e. The van der Waals surface area contributed by atoms with Gasteiger partial charge in [-0.25, -0.2) is 4.98 Å². The van der Waals surface area contributed by atoms with Crippen LogP contribution >= 0.6 is 11.3 Å². The highest BCUT2D eigenvalue weighted by Crippen LogP contribution is 2.21. The SMILES string of the molecule is Cc1occc1C(=O)Nc1nc(CC(=O)N2CCCC2CN)cs1. The number of furan rings is 1. The molecule has 2 aromatic rings. The van der Waals surface area contributed by atoms with E-state index in [1.807, 2.05) is 4.90 Å². The van der Waals surface area contributed by atoms with E-state index in [2.05, 4.69) is 10.3 Å². The second-order valence-electron chi connectivity index (χ2n) is 5.78. The molecular formula is C16H20N4O3S. The van der Waals surface area contributed by atoms with Crippen LogP contribution < -0.4 is 11.1 Å². The Kier molecular flexibility index (Phi) is 4.96. The summed E-state index contributed by atoms with van der Waals surface area (Å²) in [6.07, 6.45) is 3.66. The summed E-state index contributed by atoms with van der Waals surface area (Å²) >= 11 is 1.30. The number of anilines is 1. The maximum Gasteiger partial charge on any atom is 0.260 e. The van der Waals surface area contributed by atoms with Gasteiger partial charge in [-0.2, -0.15) is 0 Å². The van der Waals surface area contributed by atoms with Gasteiger partial charge in [-0.1, -0.05) is 0 Å². The predicted molar refractivity (Wildman–Crippen MR) is 91.0 cm³/mol. The number of thiazole rings is 1.